The fourth-order valence-corrected chi connectivity index (χ4v) is 3.44. The van der Waals surface area contributed by atoms with E-state index in [4.69, 9.17) is 11.6 Å². The van der Waals surface area contributed by atoms with E-state index in [1.165, 1.54) is 12.8 Å². The van der Waals surface area contributed by atoms with Crippen molar-refractivity contribution < 1.29 is 4.79 Å². The summed E-state index contributed by atoms with van der Waals surface area (Å²) in [5, 5.41) is 6.90. The van der Waals surface area contributed by atoms with Gasteiger partial charge in [0.1, 0.15) is 0 Å². The van der Waals surface area contributed by atoms with E-state index in [0.717, 1.165) is 26.2 Å². The minimum Gasteiger partial charge on any atom is -0.324 e. The van der Waals surface area contributed by atoms with Gasteiger partial charge in [0.15, 0.2) is 0 Å². The average Bonchev–Trinajstić information content (AvgIpc) is 3.03. The summed E-state index contributed by atoms with van der Waals surface area (Å²) in [5.41, 5.74) is 1.10. The third-order valence-corrected chi connectivity index (χ3v) is 4.69. The van der Waals surface area contributed by atoms with Crippen molar-refractivity contribution in [2.75, 3.05) is 38.0 Å². The molecule has 21 heavy (non-hydrogen) atoms. The molecule has 1 atom stereocenters. The zero-order valence-electron chi connectivity index (χ0n) is 11.9. The molecule has 6 heteroatoms. The van der Waals surface area contributed by atoms with E-state index in [9.17, 15) is 4.79 Å². The fraction of sp³-hybridized carbons (Fsp3) is 0.533. The lowest BCUT2D eigenvalue weighted by Crippen LogP contribution is -2.34. The van der Waals surface area contributed by atoms with Gasteiger partial charge in [-0.15, -0.1) is 12.4 Å². The monoisotopic (exact) mass is 329 g/mol. The molecule has 0 saturated carbocycles. The van der Waals surface area contributed by atoms with E-state index in [1.807, 2.05) is 18.2 Å². The number of benzene rings is 1. The molecule has 1 spiro atoms. The molecule has 116 valence electrons. The summed E-state index contributed by atoms with van der Waals surface area (Å²) in [6, 6.07) is 7.34. The first kappa shape index (κ1) is 16.6. The van der Waals surface area contributed by atoms with Gasteiger partial charge < -0.3 is 10.6 Å². The summed E-state index contributed by atoms with van der Waals surface area (Å²) in [4.78, 5) is 14.3. The first-order chi connectivity index (χ1) is 9.67. The van der Waals surface area contributed by atoms with Gasteiger partial charge in [0.05, 0.1) is 17.3 Å². The number of carbonyl (C=O) groups excluding carboxylic acids is 1. The number of rotatable bonds is 3. The maximum atomic E-state index is 12.1. The normalized spacial score (nSPS) is 25.0. The molecule has 2 fully saturated rings. The summed E-state index contributed by atoms with van der Waals surface area (Å²) in [6.07, 6.45) is 2.43. The number of hydrogen-bond donors (Lipinski definition) is 2. The van der Waals surface area contributed by atoms with Crippen LogP contribution in [0.5, 0.6) is 0 Å². The molecular formula is C15H21Cl2N3O. The first-order valence-electron chi connectivity index (χ1n) is 7.14. The molecule has 2 N–H and O–H groups in total. The number of nitrogens with zero attached hydrogens (tertiary/aromatic N) is 1. The predicted molar refractivity (Wildman–Crippen MR) is 88.3 cm³/mol. The predicted octanol–water partition coefficient (Wildman–Crippen LogP) is 2.39. The van der Waals surface area contributed by atoms with E-state index in [0.29, 0.717) is 22.7 Å². The summed E-state index contributed by atoms with van der Waals surface area (Å²) in [5.74, 6) is 0.0149. The van der Waals surface area contributed by atoms with Gasteiger partial charge in [-0.25, -0.2) is 0 Å². The van der Waals surface area contributed by atoms with Crippen LogP contribution in [0.3, 0.4) is 0 Å². The maximum absolute atomic E-state index is 12.1. The number of halogens is 2. The summed E-state index contributed by atoms with van der Waals surface area (Å²) >= 11 is 6.05. The molecule has 4 nitrogen and oxygen atoms in total. The topological polar surface area (TPSA) is 44.4 Å². The van der Waals surface area contributed by atoms with Crippen LogP contribution in [0.1, 0.15) is 12.8 Å². The Bertz CT molecular complexity index is 503. The lowest BCUT2D eigenvalue weighted by Gasteiger charge is -2.22. The van der Waals surface area contributed by atoms with Gasteiger partial charge in [0, 0.05) is 13.1 Å². The molecule has 2 aliphatic heterocycles. The Kier molecular flexibility index (Phi) is 5.49. The molecule has 2 heterocycles. The van der Waals surface area contributed by atoms with Crippen LogP contribution in [-0.4, -0.2) is 43.5 Å². The van der Waals surface area contributed by atoms with Crippen LogP contribution < -0.4 is 10.6 Å². The van der Waals surface area contributed by atoms with Crippen molar-refractivity contribution in [3.63, 3.8) is 0 Å². The van der Waals surface area contributed by atoms with Crippen molar-refractivity contribution >= 4 is 35.6 Å². The van der Waals surface area contributed by atoms with Crippen LogP contribution in [0, 0.1) is 5.41 Å². The highest BCUT2D eigenvalue weighted by Crippen LogP contribution is 2.35. The highest BCUT2D eigenvalue weighted by atomic mass is 35.5. The molecule has 2 saturated heterocycles. The number of para-hydroxylation sites is 1. The Morgan fingerprint density at radius 1 is 1.38 bits per heavy atom. The molecule has 0 aliphatic carbocycles. The quantitative estimate of drug-likeness (QED) is 0.894. The number of hydrogen-bond acceptors (Lipinski definition) is 3. The summed E-state index contributed by atoms with van der Waals surface area (Å²) < 4.78 is 0. The second-order valence-electron chi connectivity index (χ2n) is 5.92. The molecule has 2 aliphatic rings. The Morgan fingerprint density at radius 2 is 2.19 bits per heavy atom. The minimum atomic E-state index is 0. The first-order valence-corrected chi connectivity index (χ1v) is 7.52. The van der Waals surface area contributed by atoms with E-state index in [-0.39, 0.29) is 18.3 Å². The largest absolute Gasteiger partial charge is 0.324 e. The van der Waals surface area contributed by atoms with E-state index >= 15 is 0 Å². The van der Waals surface area contributed by atoms with Crippen LogP contribution in [0.2, 0.25) is 5.02 Å². The van der Waals surface area contributed by atoms with Crippen LogP contribution >= 0.6 is 24.0 Å². The molecule has 1 amide bonds. The molecular weight excluding hydrogens is 309 g/mol. The molecule has 0 bridgehead atoms. The standard InChI is InChI=1S/C15H20ClN3O.ClH/c16-12-3-1-2-4-13(12)18-14(20)9-19-8-6-15(11-19)5-7-17-10-15;/h1-4,17H,5-11H2,(H,18,20);1H. The zero-order valence-corrected chi connectivity index (χ0v) is 13.5. The number of likely N-dealkylation sites (tertiary alicyclic amines) is 1. The molecule has 1 unspecified atom stereocenters. The van der Waals surface area contributed by atoms with E-state index < -0.39 is 0 Å². The van der Waals surface area contributed by atoms with Crippen molar-refractivity contribution in [1.29, 1.82) is 0 Å². The summed E-state index contributed by atoms with van der Waals surface area (Å²) in [7, 11) is 0. The summed E-state index contributed by atoms with van der Waals surface area (Å²) in [6.45, 7) is 4.69. The van der Waals surface area contributed by atoms with Crippen molar-refractivity contribution in [2.45, 2.75) is 12.8 Å². The van der Waals surface area contributed by atoms with Gasteiger partial charge in [0.25, 0.3) is 0 Å². The Balaban J connectivity index is 0.00000161. The molecule has 1 aromatic carbocycles. The minimum absolute atomic E-state index is 0. The van der Waals surface area contributed by atoms with Crippen molar-refractivity contribution in [3.05, 3.63) is 29.3 Å². The highest BCUT2D eigenvalue weighted by molar-refractivity contribution is 6.33. The van der Waals surface area contributed by atoms with Crippen LogP contribution in [0.15, 0.2) is 24.3 Å². The van der Waals surface area contributed by atoms with Crippen molar-refractivity contribution in [2.24, 2.45) is 5.41 Å². The smallest absolute Gasteiger partial charge is 0.238 e. The van der Waals surface area contributed by atoms with Gasteiger partial charge in [-0.3, -0.25) is 9.69 Å². The zero-order chi connectivity index (χ0) is 14.0. The van der Waals surface area contributed by atoms with Gasteiger partial charge in [-0.1, -0.05) is 23.7 Å². The Morgan fingerprint density at radius 3 is 2.90 bits per heavy atom. The van der Waals surface area contributed by atoms with Gasteiger partial charge in [0.2, 0.25) is 5.91 Å². The molecule has 0 radical (unpaired) electrons. The number of amides is 1. The third-order valence-electron chi connectivity index (χ3n) is 4.36. The second-order valence-corrected chi connectivity index (χ2v) is 6.32. The van der Waals surface area contributed by atoms with E-state index in [1.54, 1.807) is 6.07 Å². The van der Waals surface area contributed by atoms with Gasteiger partial charge in [-0.2, -0.15) is 0 Å². The molecule has 0 aromatic heterocycles. The van der Waals surface area contributed by atoms with Crippen molar-refractivity contribution in [1.82, 2.24) is 10.2 Å². The second kappa shape index (κ2) is 6.97. The van der Waals surface area contributed by atoms with Crippen molar-refractivity contribution in [3.8, 4) is 0 Å². The number of nitrogens with one attached hydrogen (secondary N) is 2. The van der Waals surface area contributed by atoms with Crippen LogP contribution in [0.4, 0.5) is 5.69 Å². The Labute approximate surface area is 136 Å². The van der Waals surface area contributed by atoms with Gasteiger partial charge >= 0.3 is 0 Å². The SMILES string of the molecule is Cl.O=C(CN1CCC2(CCNC2)C1)Nc1ccccc1Cl. The third kappa shape index (κ3) is 3.89. The van der Waals surface area contributed by atoms with E-state index in [2.05, 4.69) is 15.5 Å². The van der Waals surface area contributed by atoms with Gasteiger partial charge in [-0.05, 0) is 43.5 Å². The molecule has 3 rings (SSSR count). The fourth-order valence-electron chi connectivity index (χ4n) is 3.26. The maximum Gasteiger partial charge on any atom is 0.238 e. The number of carbonyl (C=O) groups is 1. The Hall–Kier alpha value is -0.810. The molecule has 1 aromatic rings. The lowest BCUT2D eigenvalue weighted by atomic mass is 9.87. The van der Waals surface area contributed by atoms with Crippen LogP contribution in [-0.2, 0) is 4.79 Å². The number of anilines is 1. The average molecular weight is 330 g/mol. The highest BCUT2D eigenvalue weighted by Gasteiger charge is 2.40. The van der Waals surface area contributed by atoms with Crippen LogP contribution in [0.25, 0.3) is 0 Å². The lowest BCUT2D eigenvalue weighted by molar-refractivity contribution is -0.117.